The molecular weight excluding hydrogens is 879 g/mol. The van der Waals surface area contributed by atoms with Crippen molar-refractivity contribution in [2.45, 2.75) is 131 Å². The third-order valence-corrected chi connectivity index (χ3v) is 12.6. The van der Waals surface area contributed by atoms with E-state index >= 15 is 0 Å². The van der Waals surface area contributed by atoms with Crippen LogP contribution in [0, 0.1) is 17.3 Å². The van der Waals surface area contributed by atoms with Gasteiger partial charge in [-0.2, -0.15) is 0 Å². The van der Waals surface area contributed by atoms with Crippen LogP contribution in [0.1, 0.15) is 109 Å². The average Bonchev–Trinajstić information content (AvgIpc) is 4.05. The lowest BCUT2D eigenvalue weighted by Crippen LogP contribution is -2.61. The highest BCUT2D eigenvalue weighted by Crippen LogP contribution is 2.30. The van der Waals surface area contributed by atoms with Crippen molar-refractivity contribution in [1.29, 1.82) is 0 Å². The van der Waals surface area contributed by atoms with Gasteiger partial charge in [-0.1, -0.05) is 88.4 Å². The molecule has 3 aromatic carbocycles. The summed E-state index contributed by atoms with van der Waals surface area (Å²) in [4.78, 5) is 96.6. The first kappa shape index (κ1) is 54.2. The van der Waals surface area contributed by atoms with Crippen LogP contribution in [0.15, 0.2) is 78.9 Å². The second-order valence-electron chi connectivity index (χ2n) is 20.9. The van der Waals surface area contributed by atoms with Gasteiger partial charge in [0.15, 0.2) is 18.1 Å². The third kappa shape index (κ3) is 16.4. The number of nitrogens with zero attached hydrogens (tertiary/aromatic N) is 1. The van der Waals surface area contributed by atoms with Gasteiger partial charge in [-0.05, 0) is 101 Å². The zero-order valence-corrected chi connectivity index (χ0v) is 42.0. The molecule has 2 aliphatic rings. The molecule has 2 fully saturated rings. The van der Waals surface area contributed by atoms with Gasteiger partial charge < -0.3 is 40.0 Å². The summed E-state index contributed by atoms with van der Waals surface area (Å²) in [5, 5.41) is 11.8. The lowest BCUT2D eigenvalue weighted by atomic mass is 9.93. The molecule has 2 saturated heterocycles. The fourth-order valence-corrected chi connectivity index (χ4v) is 8.45. The van der Waals surface area contributed by atoms with Crippen LogP contribution in [-0.4, -0.2) is 115 Å². The normalized spacial score (nSPS) is 18.2. The number of esters is 1. The SMILES string of the molecule is CC(=O)c1cc(C[N+]2(CC(=O)NC(CCc3ccccc3)C(=O)NC(CC(C)C)C(=O)NC(Cc3ccccc3)C(=O)NC(CC(C)C)C(=O)[C@@]3(C)CO3)CCOCC2)ccc1OC(=O)C(C)(C)C. The second-order valence-corrected chi connectivity index (χ2v) is 20.9. The molecule has 4 unspecified atom stereocenters. The van der Waals surface area contributed by atoms with Crippen molar-refractivity contribution >= 4 is 41.2 Å². The minimum atomic E-state index is -1.09. The van der Waals surface area contributed by atoms with Crippen LogP contribution < -0.4 is 26.0 Å². The quantitative estimate of drug-likeness (QED) is 0.0295. The molecule has 2 aliphatic heterocycles. The third-order valence-electron chi connectivity index (χ3n) is 12.6. The molecule has 69 heavy (non-hydrogen) atoms. The minimum Gasteiger partial charge on any atom is -0.425 e. The summed E-state index contributed by atoms with van der Waals surface area (Å²) in [5.41, 5.74) is 1.02. The topological polar surface area (TPSA) is 199 Å². The number of rotatable bonds is 24. The molecule has 15 heteroatoms. The zero-order valence-electron chi connectivity index (χ0n) is 42.0. The summed E-state index contributed by atoms with van der Waals surface area (Å²) in [6.45, 7) is 18.5. The Morgan fingerprint density at radius 2 is 1.23 bits per heavy atom. The number of ketones is 2. The average molecular weight is 953 g/mol. The molecule has 374 valence electrons. The van der Waals surface area contributed by atoms with Crippen LogP contribution in [0.2, 0.25) is 0 Å². The molecule has 3 aromatic rings. The highest BCUT2D eigenvalue weighted by molar-refractivity contribution is 5.99. The van der Waals surface area contributed by atoms with Crippen molar-refractivity contribution in [2.24, 2.45) is 17.3 Å². The maximum atomic E-state index is 14.5. The van der Waals surface area contributed by atoms with Crippen molar-refractivity contribution in [3.05, 3.63) is 101 Å². The Morgan fingerprint density at radius 1 is 0.696 bits per heavy atom. The van der Waals surface area contributed by atoms with Gasteiger partial charge in [0, 0.05) is 12.0 Å². The van der Waals surface area contributed by atoms with E-state index in [1.807, 2.05) is 88.4 Å². The smallest absolute Gasteiger partial charge is 0.316 e. The molecule has 0 saturated carbocycles. The van der Waals surface area contributed by atoms with E-state index in [1.165, 1.54) is 6.92 Å². The number of Topliss-reactive ketones (excluding diaryl/α,β-unsaturated/α-hetero) is 2. The first-order chi connectivity index (χ1) is 32.6. The summed E-state index contributed by atoms with van der Waals surface area (Å²) in [6.07, 6.45) is 1.42. The molecule has 2 heterocycles. The van der Waals surface area contributed by atoms with Crippen LogP contribution in [-0.2, 0) is 57.6 Å². The number of nitrogens with one attached hydrogen (secondary N) is 4. The number of carbonyl (C=O) groups excluding carboxylic acids is 7. The maximum Gasteiger partial charge on any atom is 0.316 e. The fraction of sp³-hybridized carbons (Fsp3) is 0.537. The summed E-state index contributed by atoms with van der Waals surface area (Å²) in [7, 11) is 0. The predicted octanol–water partition coefficient (Wildman–Crippen LogP) is 5.45. The summed E-state index contributed by atoms with van der Waals surface area (Å²) in [6, 6.07) is 19.9. The number of aryl methyl sites for hydroxylation is 1. The van der Waals surface area contributed by atoms with Gasteiger partial charge in [0.2, 0.25) is 17.7 Å². The number of hydrogen-bond acceptors (Lipinski definition) is 10. The number of benzene rings is 3. The van der Waals surface area contributed by atoms with E-state index in [9.17, 15) is 33.6 Å². The first-order valence-corrected chi connectivity index (χ1v) is 24.3. The lowest BCUT2D eigenvalue weighted by Gasteiger charge is -2.41. The van der Waals surface area contributed by atoms with Crippen molar-refractivity contribution in [1.82, 2.24) is 21.3 Å². The number of quaternary nitrogens is 1. The molecule has 0 aliphatic carbocycles. The number of ether oxygens (including phenoxy) is 3. The molecule has 0 radical (unpaired) electrons. The van der Waals surface area contributed by atoms with E-state index in [-0.39, 0.29) is 77.5 Å². The molecule has 0 aromatic heterocycles. The van der Waals surface area contributed by atoms with E-state index in [0.717, 1.165) is 16.7 Å². The first-order valence-electron chi connectivity index (χ1n) is 24.3. The van der Waals surface area contributed by atoms with Gasteiger partial charge in [0.05, 0.1) is 36.8 Å². The molecule has 0 spiro atoms. The van der Waals surface area contributed by atoms with Gasteiger partial charge in [-0.25, -0.2) is 0 Å². The molecular formula is C54H74N5O10+. The molecule has 5 atom stereocenters. The number of amides is 4. The molecule has 5 rings (SSSR count). The van der Waals surface area contributed by atoms with E-state index in [1.54, 1.807) is 45.9 Å². The number of epoxide rings is 1. The minimum absolute atomic E-state index is 0.00753. The van der Waals surface area contributed by atoms with Gasteiger partial charge in [0.1, 0.15) is 49.1 Å². The summed E-state index contributed by atoms with van der Waals surface area (Å²) in [5.74, 6) is -2.81. The predicted molar refractivity (Wildman–Crippen MR) is 262 cm³/mol. The molecule has 15 nitrogen and oxygen atoms in total. The Morgan fingerprint density at radius 3 is 1.80 bits per heavy atom. The standard InChI is InChI=1S/C54H73N5O10/c1-35(2)28-43(48(62)54(9)34-68-54)56-51(65)45(31-39-18-14-11-15-19-39)58-50(64)44(29-36(3)4)57-49(63)42(22-20-38-16-12-10-13-17-38)55-47(61)33-59(24-26-67-27-25-59)32-40-21-23-46(41(30-40)37(5)60)69-52(66)53(6,7)8/h10-19,21,23,30,35-36,42-45H,20,22,24-29,31-34H2,1-9H3,(H3-,55,56,57,58,61,63,64,65)/p+1/t42?,43?,44?,45?,54-/m1/s1. The number of hydrogen-bond donors (Lipinski definition) is 4. The Hall–Kier alpha value is -5.77. The van der Waals surface area contributed by atoms with Crippen molar-refractivity contribution in [3.63, 3.8) is 0 Å². The number of carbonyl (C=O) groups is 7. The largest absolute Gasteiger partial charge is 0.425 e. The summed E-state index contributed by atoms with van der Waals surface area (Å²) < 4.78 is 17.1. The highest BCUT2D eigenvalue weighted by Gasteiger charge is 2.50. The Kier molecular flexibility index (Phi) is 19.0. The van der Waals surface area contributed by atoms with E-state index in [0.29, 0.717) is 45.7 Å². The Balaban J connectivity index is 1.37. The van der Waals surface area contributed by atoms with Crippen LogP contribution >= 0.6 is 0 Å². The van der Waals surface area contributed by atoms with E-state index in [2.05, 4.69) is 21.3 Å². The lowest BCUT2D eigenvalue weighted by molar-refractivity contribution is -0.940. The van der Waals surface area contributed by atoms with Crippen molar-refractivity contribution in [2.75, 3.05) is 39.5 Å². The zero-order chi connectivity index (χ0) is 50.5. The second kappa shape index (κ2) is 24.2. The van der Waals surface area contributed by atoms with Gasteiger partial charge in [0.25, 0.3) is 5.91 Å². The van der Waals surface area contributed by atoms with Gasteiger partial charge in [-0.3, -0.25) is 33.6 Å². The van der Waals surface area contributed by atoms with E-state index < -0.39 is 58.9 Å². The van der Waals surface area contributed by atoms with Gasteiger partial charge >= 0.3 is 5.97 Å². The Bertz CT molecular complexity index is 2270. The molecule has 0 bridgehead atoms. The van der Waals surface area contributed by atoms with Crippen LogP contribution in [0.3, 0.4) is 0 Å². The Labute approximate surface area is 407 Å². The van der Waals surface area contributed by atoms with E-state index in [4.69, 9.17) is 14.2 Å². The monoisotopic (exact) mass is 953 g/mol. The molecule has 4 N–H and O–H groups in total. The van der Waals surface area contributed by atoms with Gasteiger partial charge in [-0.15, -0.1) is 0 Å². The molecule has 4 amide bonds. The van der Waals surface area contributed by atoms with Crippen molar-refractivity contribution in [3.8, 4) is 5.75 Å². The maximum absolute atomic E-state index is 14.5. The van der Waals surface area contributed by atoms with Crippen LogP contribution in [0.4, 0.5) is 0 Å². The van der Waals surface area contributed by atoms with Crippen molar-refractivity contribution < 1.29 is 52.3 Å². The van der Waals surface area contributed by atoms with Crippen LogP contribution in [0.5, 0.6) is 5.75 Å². The number of morpholine rings is 1. The highest BCUT2D eigenvalue weighted by atomic mass is 16.6. The summed E-state index contributed by atoms with van der Waals surface area (Å²) >= 11 is 0. The fourth-order valence-electron chi connectivity index (χ4n) is 8.45. The van der Waals surface area contributed by atoms with Crippen LogP contribution in [0.25, 0.3) is 0 Å².